The molecule has 1 aromatic carbocycles. The lowest BCUT2D eigenvalue weighted by Crippen LogP contribution is -2.10. The third-order valence-electron chi connectivity index (χ3n) is 3.20. The average Bonchev–Trinajstić information content (AvgIpc) is 2.64. The molecular weight excluding hydrogens is 548 g/mol. The highest BCUT2D eigenvalue weighted by Crippen LogP contribution is 2.30. The minimum Gasteiger partial charge on any atom is -0.423 e. The molecule has 27 heavy (non-hydrogen) atoms. The van der Waals surface area contributed by atoms with Gasteiger partial charge in [0.05, 0.1) is 15.6 Å². The Morgan fingerprint density at radius 3 is 1.81 bits per heavy atom. The van der Waals surface area contributed by atoms with Gasteiger partial charge in [-0.1, -0.05) is 0 Å². The fourth-order valence-corrected chi connectivity index (χ4v) is 3.17. The molecule has 3 rings (SSSR count). The van der Waals surface area contributed by atoms with E-state index in [1.165, 1.54) is 30.6 Å². The van der Waals surface area contributed by atoms with Crippen LogP contribution in [0.25, 0.3) is 0 Å². The molecule has 6 nitrogen and oxygen atoms in total. The van der Waals surface area contributed by atoms with Crippen LogP contribution in [-0.2, 0) is 0 Å². The molecule has 0 bridgehead atoms. The summed E-state index contributed by atoms with van der Waals surface area (Å²) in [6.45, 7) is 0. The Morgan fingerprint density at radius 1 is 0.741 bits per heavy atom. The van der Waals surface area contributed by atoms with Crippen LogP contribution < -0.4 is 9.47 Å². The number of benzene rings is 1. The Hall–Kier alpha value is -2.10. The summed E-state index contributed by atoms with van der Waals surface area (Å²) in [5.41, 5.74) is 0.604. The second kappa shape index (κ2) is 8.73. The van der Waals surface area contributed by atoms with Crippen LogP contribution in [0.15, 0.2) is 68.5 Å². The van der Waals surface area contributed by atoms with Gasteiger partial charge in [-0.3, -0.25) is 9.97 Å². The maximum Gasteiger partial charge on any atom is 0.345 e. The van der Waals surface area contributed by atoms with E-state index in [-0.39, 0.29) is 11.5 Å². The lowest BCUT2D eigenvalue weighted by Gasteiger charge is -2.09. The second-order valence-corrected chi connectivity index (χ2v) is 7.84. The molecule has 2 aromatic heterocycles. The number of carbonyl (C=O) groups excluding carboxylic acids is 2. The summed E-state index contributed by atoms with van der Waals surface area (Å²) in [6.07, 6.45) is 5.95. The number of hydrogen-bond donors (Lipinski definition) is 0. The van der Waals surface area contributed by atoms with Crippen molar-refractivity contribution < 1.29 is 19.1 Å². The Balaban J connectivity index is 1.72. The van der Waals surface area contributed by atoms with Crippen molar-refractivity contribution in [2.45, 2.75) is 0 Å². The predicted molar refractivity (Wildman–Crippen MR) is 108 cm³/mol. The van der Waals surface area contributed by atoms with Crippen molar-refractivity contribution in [3.8, 4) is 11.5 Å². The summed E-state index contributed by atoms with van der Waals surface area (Å²) in [5.74, 6) is -0.547. The summed E-state index contributed by atoms with van der Waals surface area (Å²) in [6, 6.07) is 7.79. The SMILES string of the molecule is O=C(Oc1ccc(OC(=O)c2cncc(Br)c2)c(Br)c1)c1cncc(Br)c1. The van der Waals surface area contributed by atoms with E-state index in [9.17, 15) is 9.59 Å². The number of nitrogens with zero attached hydrogens (tertiary/aromatic N) is 2. The molecular formula is C18H9Br3N2O4. The summed E-state index contributed by atoms with van der Waals surface area (Å²) in [4.78, 5) is 32.2. The van der Waals surface area contributed by atoms with Gasteiger partial charge in [0.1, 0.15) is 11.5 Å². The predicted octanol–water partition coefficient (Wildman–Crippen LogP) is 5.20. The fourth-order valence-electron chi connectivity index (χ4n) is 2.00. The third kappa shape index (κ3) is 5.21. The van der Waals surface area contributed by atoms with Gasteiger partial charge in [-0.2, -0.15) is 0 Å². The summed E-state index contributed by atoms with van der Waals surface area (Å²) in [5, 5.41) is 0. The van der Waals surface area contributed by atoms with E-state index in [4.69, 9.17) is 9.47 Å². The molecule has 3 aromatic rings. The molecule has 0 fully saturated rings. The lowest BCUT2D eigenvalue weighted by atomic mass is 10.3. The first-order valence-corrected chi connectivity index (χ1v) is 9.75. The second-order valence-electron chi connectivity index (χ2n) is 5.15. The Bertz CT molecular complexity index is 1030. The largest absolute Gasteiger partial charge is 0.423 e. The van der Waals surface area contributed by atoms with Crippen molar-refractivity contribution >= 4 is 59.7 Å². The first-order chi connectivity index (χ1) is 12.9. The van der Waals surface area contributed by atoms with Gasteiger partial charge in [-0.05, 0) is 78.1 Å². The zero-order valence-corrected chi connectivity index (χ0v) is 18.1. The Labute approximate surface area is 179 Å². The van der Waals surface area contributed by atoms with Crippen LogP contribution in [-0.4, -0.2) is 21.9 Å². The Kier molecular flexibility index (Phi) is 6.35. The van der Waals surface area contributed by atoms with Crippen molar-refractivity contribution in [2.24, 2.45) is 0 Å². The van der Waals surface area contributed by atoms with Crippen molar-refractivity contribution in [3.05, 3.63) is 79.7 Å². The summed E-state index contributed by atoms with van der Waals surface area (Å²) >= 11 is 9.81. The van der Waals surface area contributed by atoms with E-state index in [0.717, 1.165) is 0 Å². The first kappa shape index (κ1) is 19.7. The van der Waals surface area contributed by atoms with E-state index < -0.39 is 11.9 Å². The number of aromatic nitrogens is 2. The highest BCUT2D eigenvalue weighted by molar-refractivity contribution is 9.11. The smallest absolute Gasteiger partial charge is 0.345 e. The van der Waals surface area contributed by atoms with Crippen molar-refractivity contribution in [2.75, 3.05) is 0 Å². The molecule has 0 radical (unpaired) electrons. The molecule has 0 N–H and O–H groups in total. The van der Waals surface area contributed by atoms with E-state index >= 15 is 0 Å². The van der Waals surface area contributed by atoms with E-state index in [2.05, 4.69) is 57.8 Å². The topological polar surface area (TPSA) is 78.4 Å². The number of carbonyl (C=O) groups is 2. The normalized spacial score (nSPS) is 10.3. The fraction of sp³-hybridized carbons (Fsp3) is 0. The quantitative estimate of drug-likeness (QED) is 0.325. The molecule has 0 amide bonds. The third-order valence-corrected chi connectivity index (χ3v) is 4.68. The number of hydrogen-bond acceptors (Lipinski definition) is 6. The van der Waals surface area contributed by atoms with Gasteiger partial charge < -0.3 is 9.47 Å². The molecule has 0 aliphatic rings. The lowest BCUT2D eigenvalue weighted by molar-refractivity contribution is 0.0718. The van der Waals surface area contributed by atoms with Crippen molar-refractivity contribution in [1.29, 1.82) is 0 Å². The molecule has 0 spiro atoms. The standard InChI is InChI=1S/C18H9Br3N2O4/c19-12-3-10(6-22-8-12)17(24)26-14-1-2-16(15(21)5-14)27-18(25)11-4-13(20)9-23-7-11/h1-9H. The highest BCUT2D eigenvalue weighted by Gasteiger charge is 2.14. The van der Waals surface area contributed by atoms with Crippen LogP contribution in [0.5, 0.6) is 11.5 Å². The molecule has 2 heterocycles. The van der Waals surface area contributed by atoms with E-state index in [1.807, 2.05) is 0 Å². The van der Waals surface area contributed by atoms with Crippen LogP contribution in [0.1, 0.15) is 20.7 Å². The summed E-state index contributed by atoms with van der Waals surface area (Å²) in [7, 11) is 0. The number of halogens is 3. The van der Waals surface area contributed by atoms with Gasteiger partial charge in [0.15, 0.2) is 0 Å². The highest BCUT2D eigenvalue weighted by atomic mass is 79.9. The molecule has 0 saturated carbocycles. The zero-order chi connectivity index (χ0) is 19.4. The van der Waals surface area contributed by atoms with E-state index in [1.54, 1.807) is 24.5 Å². The number of esters is 2. The maximum absolute atomic E-state index is 12.2. The minimum absolute atomic E-state index is 0.281. The van der Waals surface area contributed by atoms with Crippen LogP contribution >= 0.6 is 47.8 Å². The molecule has 0 saturated heterocycles. The molecule has 136 valence electrons. The molecule has 0 aliphatic heterocycles. The van der Waals surface area contributed by atoms with Crippen molar-refractivity contribution in [3.63, 3.8) is 0 Å². The number of rotatable bonds is 4. The summed E-state index contributed by atoms with van der Waals surface area (Å²) < 4.78 is 12.4. The van der Waals surface area contributed by atoms with E-state index in [0.29, 0.717) is 24.5 Å². The Morgan fingerprint density at radius 2 is 1.30 bits per heavy atom. The molecule has 0 aliphatic carbocycles. The van der Waals surface area contributed by atoms with Crippen LogP contribution in [0, 0.1) is 0 Å². The first-order valence-electron chi connectivity index (χ1n) is 7.37. The zero-order valence-electron chi connectivity index (χ0n) is 13.4. The number of pyridine rings is 2. The molecule has 9 heteroatoms. The minimum atomic E-state index is -0.561. The van der Waals surface area contributed by atoms with Gasteiger partial charge in [-0.15, -0.1) is 0 Å². The maximum atomic E-state index is 12.2. The molecule has 0 unspecified atom stereocenters. The van der Waals surface area contributed by atoms with Gasteiger partial charge in [0.2, 0.25) is 0 Å². The van der Waals surface area contributed by atoms with Crippen LogP contribution in [0.3, 0.4) is 0 Å². The van der Waals surface area contributed by atoms with Gasteiger partial charge in [-0.25, -0.2) is 9.59 Å². The van der Waals surface area contributed by atoms with Crippen LogP contribution in [0.2, 0.25) is 0 Å². The van der Waals surface area contributed by atoms with Gasteiger partial charge in [0, 0.05) is 33.7 Å². The average molecular weight is 557 g/mol. The van der Waals surface area contributed by atoms with Crippen LogP contribution in [0.4, 0.5) is 0 Å². The molecule has 0 atom stereocenters. The van der Waals surface area contributed by atoms with Crippen molar-refractivity contribution in [1.82, 2.24) is 9.97 Å². The monoisotopic (exact) mass is 554 g/mol. The number of ether oxygens (including phenoxy) is 2. The van der Waals surface area contributed by atoms with Gasteiger partial charge in [0.25, 0.3) is 0 Å². The van der Waals surface area contributed by atoms with Gasteiger partial charge >= 0.3 is 11.9 Å².